The fraction of sp³-hybridized carbons (Fsp3) is 0.400. The molecule has 19 heavy (non-hydrogen) atoms. The van der Waals surface area contributed by atoms with Gasteiger partial charge in [-0.3, -0.25) is 4.79 Å². The highest BCUT2D eigenvalue weighted by Gasteiger charge is 2.21. The van der Waals surface area contributed by atoms with Crippen LogP contribution in [0.1, 0.15) is 13.8 Å². The third kappa shape index (κ3) is 2.72. The molecule has 2 aromatic rings. The van der Waals surface area contributed by atoms with E-state index in [1.165, 1.54) is 0 Å². The van der Waals surface area contributed by atoms with Crippen LogP contribution >= 0.6 is 0 Å². The lowest BCUT2D eigenvalue weighted by molar-refractivity contribution is -0.142. The smallest absolute Gasteiger partial charge is 0.308 e. The number of hydrogen-bond donors (Lipinski definition) is 2. The van der Waals surface area contributed by atoms with Crippen molar-refractivity contribution in [2.75, 3.05) is 11.9 Å². The first kappa shape index (κ1) is 13.5. The number of nitrogens with zero attached hydrogens (tertiary/aromatic N) is 1. The van der Waals surface area contributed by atoms with Gasteiger partial charge in [-0.05, 0) is 12.0 Å². The Labute approximate surface area is 113 Å². The Balaban J connectivity index is 2.20. The number of rotatable bonds is 5. The quantitative estimate of drug-likeness (QED) is 0.869. The maximum atomic E-state index is 11.2. The van der Waals surface area contributed by atoms with Crippen LogP contribution in [0.4, 0.5) is 5.69 Å². The molecule has 1 aromatic carbocycles. The molecule has 4 nitrogen and oxygen atoms in total. The SMILES string of the molecule is CC(C)C(CNc1cn(C)c2ccccc12)C(=O)O. The lowest BCUT2D eigenvalue weighted by atomic mass is 9.96. The molecule has 2 N–H and O–H groups in total. The lowest BCUT2D eigenvalue weighted by Crippen LogP contribution is -2.27. The Hall–Kier alpha value is -1.97. The number of para-hydroxylation sites is 1. The number of aromatic nitrogens is 1. The summed E-state index contributed by atoms with van der Waals surface area (Å²) in [6, 6.07) is 8.09. The van der Waals surface area contributed by atoms with Crippen molar-refractivity contribution < 1.29 is 9.90 Å². The van der Waals surface area contributed by atoms with Crippen molar-refractivity contribution in [2.45, 2.75) is 13.8 Å². The first-order chi connectivity index (χ1) is 9.00. The Bertz CT molecular complexity index is 587. The van der Waals surface area contributed by atoms with Crippen LogP contribution in [-0.4, -0.2) is 22.2 Å². The number of aryl methyl sites for hydroxylation is 1. The average Bonchev–Trinajstić information content (AvgIpc) is 2.67. The zero-order chi connectivity index (χ0) is 14.0. The molecule has 1 atom stereocenters. The number of anilines is 1. The highest BCUT2D eigenvalue weighted by Crippen LogP contribution is 2.25. The van der Waals surface area contributed by atoms with Crippen LogP contribution in [0.5, 0.6) is 0 Å². The van der Waals surface area contributed by atoms with Crippen molar-refractivity contribution in [3.63, 3.8) is 0 Å². The minimum atomic E-state index is -0.747. The van der Waals surface area contributed by atoms with Crippen LogP contribution < -0.4 is 5.32 Å². The normalized spacial score (nSPS) is 12.8. The first-order valence-corrected chi connectivity index (χ1v) is 6.51. The third-order valence-electron chi connectivity index (χ3n) is 3.53. The monoisotopic (exact) mass is 260 g/mol. The molecule has 1 unspecified atom stereocenters. The van der Waals surface area contributed by atoms with Crippen molar-refractivity contribution in [3.8, 4) is 0 Å². The number of carbonyl (C=O) groups is 1. The second kappa shape index (κ2) is 5.34. The largest absolute Gasteiger partial charge is 0.481 e. The van der Waals surface area contributed by atoms with E-state index in [1.807, 2.05) is 49.9 Å². The maximum absolute atomic E-state index is 11.2. The zero-order valence-corrected chi connectivity index (χ0v) is 11.6. The van der Waals surface area contributed by atoms with Crippen LogP contribution in [0.25, 0.3) is 10.9 Å². The molecule has 0 amide bonds. The molecule has 102 valence electrons. The molecular formula is C15H20N2O2. The standard InChI is InChI=1S/C15H20N2O2/c1-10(2)12(15(18)19)8-16-13-9-17(3)14-7-5-4-6-11(13)14/h4-7,9-10,12,16H,8H2,1-3H3,(H,18,19). The van der Waals surface area contributed by atoms with Crippen LogP contribution in [0.3, 0.4) is 0 Å². The molecule has 0 aliphatic heterocycles. The molecule has 0 saturated carbocycles. The number of carboxylic acid groups (broad SMARTS) is 1. The van der Waals surface area contributed by atoms with Gasteiger partial charge in [-0.2, -0.15) is 0 Å². The van der Waals surface area contributed by atoms with Gasteiger partial charge in [0.2, 0.25) is 0 Å². The van der Waals surface area contributed by atoms with Gasteiger partial charge in [0.25, 0.3) is 0 Å². The summed E-state index contributed by atoms with van der Waals surface area (Å²) in [5.41, 5.74) is 2.13. The first-order valence-electron chi connectivity index (χ1n) is 6.51. The number of nitrogens with one attached hydrogen (secondary N) is 1. The molecule has 0 aliphatic carbocycles. The van der Waals surface area contributed by atoms with Crippen LogP contribution in [0.15, 0.2) is 30.5 Å². The lowest BCUT2D eigenvalue weighted by Gasteiger charge is -2.17. The topological polar surface area (TPSA) is 54.3 Å². The molecule has 1 aromatic heterocycles. The van der Waals surface area contributed by atoms with E-state index in [-0.39, 0.29) is 11.8 Å². The fourth-order valence-electron chi connectivity index (χ4n) is 2.31. The zero-order valence-electron chi connectivity index (χ0n) is 11.6. The van der Waals surface area contributed by atoms with Crippen molar-refractivity contribution in [1.82, 2.24) is 4.57 Å². The molecule has 0 radical (unpaired) electrons. The van der Waals surface area contributed by atoms with Crippen LogP contribution in [0.2, 0.25) is 0 Å². The molecule has 0 fully saturated rings. The van der Waals surface area contributed by atoms with Crippen molar-refractivity contribution >= 4 is 22.6 Å². The summed E-state index contributed by atoms with van der Waals surface area (Å²) in [6.07, 6.45) is 2.00. The minimum Gasteiger partial charge on any atom is -0.481 e. The van der Waals surface area contributed by atoms with E-state index in [1.54, 1.807) is 0 Å². The molecular weight excluding hydrogens is 240 g/mol. The van der Waals surface area contributed by atoms with Gasteiger partial charge in [0.05, 0.1) is 11.6 Å². The molecule has 2 rings (SSSR count). The fourth-order valence-corrected chi connectivity index (χ4v) is 2.31. The second-order valence-corrected chi connectivity index (χ2v) is 5.24. The summed E-state index contributed by atoms with van der Waals surface area (Å²) in [6.45, 7) is 4.31. The number of carboxylic acids is 1. The number of hydrogen-bond acceptors (Lipinski definition) is 2. The predicted octanol–water partition coefficient (Wildman–Crippen LogP) is 2.95. The van der Waals surface area contributed by atoms with Gasteiger partial charge >= 0.3 is 5.97 Å². The van der Waals surface area contributed by atoms with E-state index >= 15 is 0 Å². The van der Waals surface area contributed by atoms with Crippen LogP contribution in [-0.2, 0) is 11.8 Å². The van der Waals surface area contributed by atoms with Gasteiger partial charge in [-0.1, -0.05) is 32.0 Å². The Morgan fingerprint density at radius 2 is 2.05 bits per heavy atom. The predicted molar refractivity (Wildman–Crippen MR) is 77.4 cm³/mol. The van der Waals surface area contributed by atoms with E-state index in [9.17, 15) is 9.90 Å². The van der Waals surface area contributed by atoms with Gasteiger partial charge in [-0.15, -0.1) is 0 Å². The highest BCUT2D eigenvalue weighted by molar-refractivity contribution is 5.93. The summed E-state index contributed by atoms with van der Waals surface area (Å²) >= 11 is 0. The molecule has 0 bridgehead atoms. The number of aliphatic carboxylic acids is 1. The maximum Gasteiger partial charge on any atom is 0.308 e. The summed E-state index contributed by atoms with van der Waals surface area (Å²) in [5.74, 6) is -1.01. The number of fused-ring (bicyclic) bond motifs is 1. The summed E-state index contributed by atoms with van der Waals surface area (Å²) in [7, 11) is 1.99. The Morgan fingerprint density at radius 1 is 1.37 bits per heavy atom. The van der Waals surface area contributed by atoms with E-state index in [0.717, 1.165) is 16.6 Å². The Morgan fingerprint density at radius 3 is 2.68 bits per heavy atom. The van der Waals surface area contributed by atoms with Crippen molar-refractivity contribution in [3.05, 3.63) is 30.5 Å². The van der Waals surface area contributed by atoms with E-state index in [0.29, 0.717) is 6.54 Å². The van der Waals surface area contributed by atoms with E-state index in [4.69, 9.17) is 0 Å². The van der Waals surface area contributed by atoms with E-state index in [2.05, 4.69) is 11.4 Å². The van der Waals surface area contributed by atoms with Gasteiger partial charge in [0.15, 0.2) is 0 Å². The second-order valence-electron chi connectivity index (χ2n) is 5.24. The minimum absolute atomic E-state index is 0.111. The Kier molecular flexibility index (Phi) is 3.79. The summed E-state index contributed by atoms with van der Waals surface area (Å²) in [4.78, 5) is 11.2. The van der Waals surface area contributed by atoms with Gasteiger partial charge < -0.3 is 15.0 Å². The molecule has 4 heteroatoms. The average molecular weight is 260 g/mol. The molecule has 0 aliphatic rings. The molecule has 1 heterocycles. The summed E-state index contributed by atoms with van der Waals surface area (Å²) in [5, 5.41) is 13.6. The van der Waals surface area contributed by atoms with Gasteiger partial charge in [0.1, 0.15) is 0 Å². The third-order valence-corrected chi connectivity index (χ3v) is 3.53. The van der Waals surface area contributed by atoms with Crippen molar-refractivity contribution in [2.24, 2.45) is 18.9 Å². The molecule has 0 spiro atoms. The summed E-state index contributed by atoms with van der Waals surface area (Å²) < 4.78 is 2.04. The van der Waals surface area contributed by atoms with Gasteiger partial charge in [0, 0.05) is 30.7 Å². The molecule has 0 saturated heterocycles. The van der Waals surface area contributed by atoms with Gasteiger partial charge in [-0.25, -0.2) is 0 Å². The van der Waals surface area contributed by atoms with Crippen molar-refractivity contribution in [1.29, 1.82) is 0 Å². The van der Waals surface area contributed by atoms with E-state index < -0.39 is 5.97 Å². The van der Waals surface area contributed by atoms with Crippen LogP contribution in [0, 0.1) is 11.8 Å². The highest BCUT2D eigenvalue weighted by atomic mass is 16.4. The number of benzene rings is 1.